The quantitative estimate of drug-likeness (QED) is 0.809. The highest BCUT2D eigenvalue weighted by Gasteiger charge is 2.20. The fourth-order valence-corrected chi connectivity index (χ4v) is 3.44. The summed E-state index contributed by atoms with van der Waals surface area (Å²) in [6.07, 6.45) is 2.92. The van der Waals surface area contributed by atoms with Crippen LogP contribution in [0.4, 0.5) is 0 Å². The number of benzene rings is 1. The maximum absolute atomic E-state index is 12.4. The minimum atomic E-state index is -0.356. The molecule has 2 heterocycles. The van der Waals surface area contributed by atoms with Crippen LogP contribution in [0, 0.1) is 13.8 Å². The van der Waals surface area contributed by atoms with Gasteiger partial charge >= 0.3 is 5.63 Å². The molecule has 1 aromatic carbocycles. The van der Waals surface area contributed by atoms with Gasteiger partial charge in [0.1, 0.15) is 11.3 Å². The molecule has 0 aliphatic carbocycles. The van der Waals surface area contributed by atoms with E-state index >= 15 is 0 Å². The van der Waals surface area contributed by atoms with Crippen LogP contribution in [0.3, 0.4) is 0 Å². The van der Waals surface area contributed by atoms with Crippen LogP contribution in [0.2, 0.25) is 0 Å². The number of fused-ring (bicyclic) bond motifs is 1. The first kappa shape index (κ1) is 16.6. The minimum Gasteiger partial charge on any atom is -0.496 e. The van der Waals surface area contributed by atoms with E-state index in [-0.39, 0.29) is 11.5 Å². The lowest BCUT2D eigenvalue weighted by Crippen LogP contribution is -2.28. The van der Waals surface area contributed by atoms with Crippen molar-refractivity contribution in [2.24, 2.45) is 0 Å². The molecular weight excluding hydrogens is 306 g/mol. The van der Waals surface area contributed by atoms with Crippen LogP contribution in [0.1, 0.15) is 36.0 Å². The van der Waals surface area contributed by atoms with Gasteiger partial charge in [0, 0.05) is 36.0 Å². The molecular formula is C19H23NO4. The Morgan fingerprint density at radius 1 is 1.21 bits per heavy atom. The minimum absolute atomic E-state index is 0.123. The molecule has 128 valence electrons. The summed E-state index contributed by atoms with van der Waals surface area (Å²) in [5.41, 5.74) is 2.51. The number of likely N-dealkylation sites (tertiary alicyclic amines) is 1. The van der Waals surface area contributed by atoms with Gasteiger partial charge in [0.05, 0.1) is 7.11 Å². The zero-order valence-corrected chi connectivity index (χ0v) is 14.5. The number of hydrogen-bond acceptors (Lipinski definition) is 4. The third-order valence-electron chi connectivity index (χ3n) is 4.92. The van der Waals surface area contributed by atoms with Gasteiger partial charge in [-0.15, -0.1) is 0 Å². The second kappa shape index (κ2) is 6.67. The number of carbonyl (C=O) groups is 1. The Morgan fingerprint density at radius 2 is 1.92 bits per heavy atom. The Hall–Kier alpha value is -2.30. The second-order valence-corrected chi connectivity index (χ2v) is 6.35. The number of hydrogen-bond donors (Lipinski definition) is 0. The van der Waals surface area contributed by atoms with Crippen molar-refractivity contribution in [2.75, 3.05) is 20.2 Å². The van der Waals surface area contributed by atoms with Crippen LogP contribution in [-0.2, 0) is 11.2 Å². The molecule has 0 unspecified atom stereocenters. The first-order valence-electron chi connectivity index (χ1n) is 8.40. The van der Waals surface area contributed by atoms with E-state index in [1.165, 1.54) is 0 Å². The van der Waals surface area contributed by atoms with E-state index in [0.717, 1.165) is 42.4 Å². The van der Waals surface area contributed by atoms with Gasteiger partial charge in [-0.2, -0.15) is 0 Å². The summed E-state index contributed by atoms with van der Waals surface area (Å²) in [6.45, 7) is 5.47. The van der Waals surface area contributed by atoms with Crippen LogP contribution >= 0.6 is 0 Å². The van der Waals surface area contributed by atoms with Crippen molar-refractivity contribution >= 4 is 16.9 Å². The van der Waals surface area contributed by atoms with Crippen LogP contribution in [-0.4, -0.2) is 31.0 Å². The van der Waals surface area contributed by atoms with E-state index in [1.807, 2.05) is 30.9 Å². The molecule has 0 N–H and O–H groups in total. The van der Waals surface area contributed by atoms with E-state index in [1.54, 1.807) is 7.11 Å². The Morgan fingerprint density at radius 3 is 2.58 bits per heavy atom. The van der Waals surface area contributed by atoms with Crippen molar-refractivity contribution in [2.45, 2.75) is 39.5 Å². The van der Waals surface area contributed by atoms with Gasteiger partial charge in [0.2, 0.25) is 5.91 Å². The molecule has 1 aliphatic rings. The van der Waals surface area contributed by atoms with Gasteiger partial charge in [-0.25, -0.2) is 4.79 Å². The Labute approximate surface area is 141 Å². The molecule has 2 aromatic rings. The smallest absolute Gasteiger partial charge is 0.339 e. The third-order valence-corrected chi connectivity index (χ3v) is 4.92. The average molecular weight is 329 g/mol. The normalized spacial score (nSPS) is 14.4. The molecule has 0 spiro atoms. The van der Waals surface area contributed by atoms with Gasteiger partial charge in [-0.1, -0.05) is 0 Å². The molecule has 5 nitrogen and oxygen atoms in total. The number of nitrogens with zero attached hydrogens (tertiary/aromatic N) is 1. The number of ether oxygens (including phenoxy) is 1. The molecule has 1 fully saturated rings. The monoisotopic (exact) mass is 329 g/mol. The van der Waals surface area contributed by atoms with Gasteiger partial charge in [0.25, 0.3) is 0 Å². The predicted molar refractivity (Wildman–Crippen MR) is 92.6 cm³/mol. The Bertz CT molecular complexity index is 831. The lowest BCUT2D eigenvalue weighted by atomic mass is 10.00. The molecule has 1 aliphatic heterocycles. The summed E-state index contributed by atoms with van der Waals surface area (Å²) in [5.74, 6) is 0.819. The highest BCUT2D eigenvalue weighted by molar-refractivity contribution is 5.85. The van der Waals surface area contributed by atoms with Crippen molar-refractivity contribution in [1.82, 2.24) is 4.90 Å². The van der Waals surface area contributed by atoms with Gasteiger partial charge < -0.3 is 14.1 Å². The zero-order chi connectivity index (χ0) is 17.3. The Kier molecular flexibility index (Phi) is 4.60. The highest BCUT2D eigenvalue weighted by atomic mass is 16.5. The van der Waals surface area contributed by atoms with Crippen LogP contribution in [0.25, 0.3) is 11.0 Å². The SMILES string of the molecule is COc1ccc2c(C)c(CCC(=O)N3CCCC3)c(=O)oc2c1C. The molecule has 0 saturated carbocycles. The molecule has 5 heteroatoms. The largest absolute Gasteiger partial charge is 0.496 e. The van der Waals surface area contributed by atoms with Gasteiger partial charge in [-0.05, 0) is 50.8 Å². The summed E-state index contributed by atoms with van der Waals surface area (Å²) in [6, 6.07) is 3.79. The summed E-state index contributed by atoms with van der Waals surface area (Å²) in [4.78, 5) is 26.5. The fourth-order valence-electron chi connectivity index (χ4n) is 3.44. The molecule has 0 radical (unpaired) electrons. The van der Waals surface area contributed by atoms with E-state index in [4.69, 9.17) is 9.15 Å². The maximum Gasteiger partial charge on any atom is 0.339 e. The summed E-state index contributed by atoms with van der Waals surface area (Å²) >= 11 is 0. The zero-order valence-electron chi connectivity index (χ0n) is 14.5. The number of rotatable bonds is 4. The molecule has 1 saturated heterocycles. The molecule has 1 aromatic heterocycles. The van der Waals surface area contributed by atoms with Crippen molar-refractivity contribution in [3.63, 3.8) is 0 Å². The van der Waals surface area contributed by atoms with Gasteiger partial charge in [-0.3, -0.25) is 4.79 Å². The standard InChI is InChI=1S/C19H23NO4/c1-12-14-6-8-16(23-3)13(2)18(14)24-19(22)15(12)7-9-17(21)20-10-4-5-11-20/h6,8H,4-5,7,9-11H2,1-3H3. The second-order valence-electron chi connectivity index (χ2n) is 6.35. The number of carbonyl (C=O) groups excluding carboxylic acids is 1. The van der Waals surface area contributed by atoms with Crippen molar-refractivity contribution in [3.05, 3.63) is 39.2 Å². The first-order valence-corrected chi connectivity index (χ1v) is 8.40. The fraction of sp³-hybridized carbons (Fsp3) is 0.474. The molecule has 24 heavy (non-hydrogen) atoms. The number of aryl methyl sites for hydroxylation is 2. The van der Waals surface area contributed by atoms with E-state index < -0.39 is 0 Å². The lowest BCUT2D eigenvalue weighted by Gasteiger charge is -2.15. The lowest BCUT2D eigenvalue weighted by molar-refractivity contribution is -0.130. The van der Waals surface area contributed by atoms with Crippen molar-refractivity contribution < 1.29 is 13.9 Å². The predicted octanol–water partition coefficient (Wildman–Crippen LogP) is 2.97. The topological polar surface area (TPSA) is 59.8 Å². The summed E-state index contributed by atoms with van der Waals surface area (Å²) in [7, 11) is 1.59. The number of amides is 1. The van der Waals surface area contributed by atoms with Crippen molar-refractivity contribution in [1.29, 1.82) is 0 Å². The van der Waals surface area contributed by atoms with Crippen LogP contribution < -0.4 is 10.4 Å². The van der Waals surface area contributed by atoms with E-state index in [9.17, 15) is 9.59 Å². The van der Waals surface area contributed by atoms with E-state index in [2.05, 4.69) is 0 Å². The number of methoxy groups -OCH3 is 1. The maximum atomic E-state index is 12.4. The average Bonchev–Trinajstić information content (AvgIpc) is 3.10. The van der Waals surface area contributed by atoms with Gasteiger partial charge in [0.15, 0.2) is 0 Å². The highest BCUT2D eigenvalue weighted by Crippen LogP contribution is 2.29. The Balaban J connectivity index is 1.91. The summed E-state index contributed by atoms with van der Waals surface area (Å²) in [5, 5.41) is 0.900. The summed E-state index contributed by atoms with van der Waals surface area (Å²) < 4.78 is 10.8. The van der Waals surface area contributed by atoms with Crippen LogP contribution in [0.15, 0.2) is 21.3 Å². The molecule has 0 bridgehead atoms. The van der Waals surface area contributed by atoms with Crippen molar-refractivity contribution in [3.8, 4) is 5.75 Å². The van der Waals surface area contributed by atoms with E-state index in [0.29, 0.717) is 29.7 Å². The molecule has 1 amide bonds. The third kappa shape index (κ3) is 2.90. The first-order chi connectivity index (χ1) is 11.5. The molecule has 3 rings (SSSR count). The van der Waals surface area contributed by atoms with Crippen LogP contribution in [0.5, 0.6) is 5.75 Å². The molecule has 0 atom stereocenters.